The summed E-state index contributed by atoms with van der Waals surface area (Å²) in [5, 5.41) is 0. The molecule has 202 valence electrons. The van der Waals surface area contributed by atoms with Gasteiger partial charge >= 0.3 is 0 Å². The number of unbranched alkanes of at least 4 members (excludes halogenated alkanes) is 21. The molecule has 0 atom stereocenters. The van der Waals surface area contributed by atoms with Crippen molar-refractivity contribution >= 4 is 0 Å². The molecule has 0 rings (SSSR count). The fourth-order valence-corrected chi connectivity index (χ4v) is 5.22. The molecule has 0 saturated heterocycles. The average Bonchev–Trinajstić information content (AvgIpc) is 2.79. The second-order valence-corrected chi connectivity index (χ2v) is 11.2. The van der Waals surface area contributed by atoms with Gasteiger partial charge in [-0.2, -0.15) is 0 Å². The highest BCUT2D eigenvalue weighted by Crippen LogP contribution is 2.17. The van der Waals surface area contributed by atoms with Gasteiger partial charge in [0.2, 0.25) is 0 Å². The van der Waals surface area contributed by atoms with E-state index >= 15 is 0 Å². The molecule has 0 aromatic carbocycles. The van der Waals surface area contributed by atoms with Crippen LogP contribution in [0.15, 0.2) is 0 Å². The number of halogens is 1. The SMILES string of the molecule is CCCCCCCCCC[N+](C)(CCCCCCCCCC)CCCCCCCCCC.[Br-]. The first-order valence-electron chi connectivity index (χ1n) is 15.5. The maximum Gasteiger partial charge on any atom is 0.0784 e. The lowest BCUT2D eigenvalue weighted by Gasteiger charge is -2.35. The van der Waals surface area contributed by atoms with Crippen molar-refractivity contribution in [3.05, 3.63) is 0 Å². The van der Waals surface area contributed by atoms with Crippen LogP contribution < -0.4 is 17.0 Å². The van der Waals surface area contributed by atoms with E-state index in [-0.39, 0.29) is 17.0 Å². The van der Waals surface area contributed by atoms with E-state index in [0.29, 0.717) is 0 Å². The van der Waals surface area contributed by atoms with Crippen LogP contribution in [-0.4, -0.2) is 31.2 Å². The summed E-state index contributed by atoms with van der Waals surface area (Å²) in [6.45, 7) is 11.2. The Morgan fingerprint density at radius 2 is 0.485 bits per heavy atom. The van der Waals surface area contributed by atoms with Gasteiger partial charge in [-0.25, -0.2) is 0 Å². The summed E-state index contributed by atoms with van der Waals surface area (Å²) in [7, 11) is 2.59. The molecule has 0 saturated carbocycles. The molecule has 0 aliphatic heterocycles. The zero-order chi connectivity index (χ0) is 23.6. The molecule has 0 radical (unpaired) electrons. The molecule has 0 aliphatic rings. The van der Waals surface area contributed by atoms with Gasteiger partial charge in [-0.05, 0) is 38.5 Å². The molecule has 2 heteroatoms. The normalized spacial score (nSPS) is 11.6. The average molecular weight is 533 g/mol. The Hall–Kier alpha value is 0.440. The van der Waals surface area contributed by atoms with Crippen molar-refractivity contribution < 1.29 is 21.5 Å². The van der Waals surface area contributed by atoms with Crippen LogP contribution in [0.5, 0.6) is 0 Å². The van der Waals surface area contributed by atoms with Crippen molar-refractivity contribution in [2.24, 2.45) is 0 Å². The smallest absolute Gasteiger partial charge is 0.0784 e. The Morgan fingerprint density at radius 1 is 0.303 bits per heavy atom. The van der Waals surface area contributed by atoms with E-state index in [4.69, 9.17) is 0 Å². The molecule has 33 heavy (non-hydrogen) atoms. The van der Waals surface area contributed by atoms with Gasteiger partial charge in [-0.1, -0.05) is 136 Å². The van der Waals surface area contributed by atoms with Gasteiger partial charge in [-0.15, -0.1) is 0 Å². The maximum atomic E-state index is 2.59. The minimum atomic E-state index is 0. The van der Waals surface area contributed by atoms with Crippen molar-refractivity contribution in [3.63, 3.8) is 0 Å². The van der Waals surface area contributed by atoms with E-state index in [1.54, 1.807) is 0 Å². The van der Waals surface area contributed by atoms with Gasteiger partial charge in [0, 0.05) is 0 Å². The summed E-state index contributed by atoms with van der Waals surface area (Å²) in [5.74, 6) is 0. The molecule has 0 spiro atoms. The molecule has 0 amide bonds. The topological polar surface area (TPSA) is 0 Å². The van der Waals surface area contributed by atoms with Crippen LogP contribution in [0.25, 0.3) is 0 Å². The third-order valence-electron chi connectivity index (χ3n) is 7.65. The van der Waals surface area contributed by atoms with Crippen LogP contribution in [0.3, 0.4) is 0 Å². The minimum Gasteiger partial charge on any atom is -1.00 e. The van der Waals surface area contributed by atoms with E-state index < -0.39 is 0 Å². The number of nitrogens with zero attached hydrogens (tertiary/aromatic N) is 1. The summed E-state index contributed by atoms with van der Waals surface area (Å²) >= 11 is 0. The number of hydrogen-bond acceptors (Lipinski definition) is 0. The Labute approximate surface area is 222 Å². The molecule has 0 aromatic rings. The highest BCUT2D eigenvalue weighted by Gasteiger charge is 2.20. The molecular weight excluding hydrogens is 466 g/mol. The number of quaternary nitrogens is 1. The Bertz CT molecular complexity index is 294. The summed E-state index contributed by atoms with van der Waals surface area (Å²) in [4.78, 5) is 0. The molecule has 0 aliphatic carbocycles. The first-order chi connectivity index (χ1) is 15.7. The van der Waals surface area contributed by atoms with Crippen molar-refractivity contribution in [2.45, 2.75) is 175 Å². The first kappa shape index (κ1) is 35.6. The third kappa shape index (κ3) is 26.9. The number of hydrogen-bond donors (Lipinski definition) is 0. The molecule has 1 nitrogen and oxygen atoms in total. The van der Waals surface area contributed by atoms with Crippen molar-refractivity contribution in [1.82, 2.24) is 0 Å². The molecule has 0 aromatic heterocycles. The van der Waals surface area contributed by atoms with Crippen LogP contribution in [-0.2, 0) is 0 Å². The van der Waals surface area contributed by atoms with E-state index in [0.717, 1.165) is 0 Å². The van der Waals surface area contributed by atoms with Gasteiger partial charge in [0.05, 0.1) is 26.7 Å². The third-order valence-corrected chi connectivity index (χ3v) is 7.65. The molecule has 0 N–H and O–H groups in total. The molecule has 0 fully saturated rings. The highest BCUT2D eigenvalue weighted by atomic mass is 79.9. The van der Waals surface area contributed by atoms with E-state index in [1.807, 2.05) is 0 Å². The quantitative estimate of drug-likeness (QED) is 0.0746. The van der Waals surface area contributed by atoms with Crippen molar-refractivity contribution in [3.8, 4) is 0 Å². The summed E-state index contributed by atoms with van der Waals surface area (Å²) < 4.78 is 1.36. The van der Waals surface area contributed by atoms with Gasteiger partial charge in [0.15, 0.2) is 0 Å². The first-order valence-corrected chi connectivity index (χ1v) is 15.5. The molecule has 0 unspecified atom stereocenters. The monoisotopic (exact) mass is 531 g/mol. The van der Waals surface area contributed by atoms with Crippen LogP contribution in [0, 0.1) is 0 Å². The molecular formula is C31H66BrN. The predicted molar refractivity (Wildman–Crippen MR) is 149 cm³/mol. The largest absolute Gasteiger partial charge is 1.00 e. The lowest BCUT2D eigenvalue weighted by Crippen LogP contribution is -3.00. The second kappa shape index (κ2) is 28.7. The predicted octanol–water partition coefficient (Wildman–Crippen LogP) is 7.86. The molecule has 0 heterocycles. The lowest BCUT2D eigenvalue weighted by molar-refractivity contribution is -0.910. The van der Waals surface area contributed by atoms with E-state index in [2.05, 4.69) is 27.8 Å². The zero-order valence-electron chi connectivity index (χ0n) is 23.9. The Kier molecular flexibility index (Phi) is 30.9. The van der Waals surface area contributed by atoms with Gasteiger partial charge in [-0.3, -0.25) is 0 Å². The highest BCUT2D eigenvalue weighted by molar-refractivity contribution is 4.52. The molecule has 0 bridgehead atoms. The van der Waals surface area contributed by atoms with E-state index in [1.165, 1.54) is 178 Å². The van der Waals surface area contributed by atoms with Crippen LogP contribution in [0.4, 0.5) is 0 Å². The lowest BCUT2D eigenvalue weighted by atomic mass is 10.1. The van der Waals surface area contributed by atoms with Crippen LogP contribution in [0.1, 0.15) is 175 Å². The van der Waals surface area contributed by atoms with Gasteiger partial charge < -0.3 is 21.5 Å². The Balaban J connectivity index is 0. The number of rotatable bonds is 27. The standard InChI is InChI=1S/C31H66N.BrH/c1-5-8-11-14-17-20-23-26-29-32(4,30-27-24-21-18-15-12-9-6-2)31-28-25-22-19-16-13-10-7-3;/h5-31H2,1-4H3;1H/q+1;/p-1. The zero-order valence-corrected chi connectivity index (χ0v) is 25.5. The fraction of sp³-hybridized carbons (Fsp3) is 1.00. The van der Waals surface area contributed by atoms with Crippen LogP contribution >= 0.6 is 0 Å². The van der Waals surface area contributed by atoms with Gasteiger partial charge in [0.1, 0.15) is 0 Å². The maximum absolute atomic E-state index is 2.59. The van der Waals surface area contributed by atoms with Crippen molar-refractivity contribution in [1.29, 1.82) is 0 Å². The summed E-state index contributed by atoms with van der Waals surface area (Å²) in [5.41, 5.74) is 0. The fourth-order valence-electron chi connectivity index (χ4n) is 5.22. The Morgan fingerprint density at radius 3 is 0.697 bits per heavy atom. The summed E-state index contributed by atoms with van der Waals surface area (Å²) in [6, 6.07) is 0. The van der Waals surface area contributed by atoms with Gasteiger partial charge in [0.25, 0.3) is 0 Å². The minimum absolute atomic E-state index is 0. The van der Waals surface area contributed by atoms with Crippen molar-refractivity contribution in [2.75, 3.05) is 26.7 Å². The summed E-state index contributed by atoms with van der Waals surface area (Å²) in [6.07, 6.45) is 34.8. The van der Waals surface area contributed by atoms with E-state index in [9.17, 15) is 0 Å². The van der Waals surface area contributed by atoms with Crippen LogP contribution in [0.2, 0.25) is 0 Å². The second-order valence-electron chi connectivity index (χ2n) is 11.2.